The van der Waals surface area contributed by atoms with Gasteiger partial charge in [0, 0.05) is 11.8 Å². The molecule has 1 rings (SSSR count). The molecule has 0 fully saturated rings. The number of pyridine rings is 1. The first-order chi connectivity index (χ1) is 5.65. The second-order valence-corrected chi connectivity index (χ2v) is 2.54. The minimum atomic E-state index is -0.0629. The molecule has 0 radical (unpaired) electrons. The average molecular weight is 186 g/mol. The predicted octanol–water partition coefficient (Wildman–Crippen LogP) is 1.03. The zero-order chi connectivity index (χ0) is 9.14. The Morgan fingerprint density at radius 1 is 1.75 bits per heavy atom. The summed E-state index contributed by atoms with van der Waals surface area (Å²) in [5.74, 6) is 0.272. The molecule has 0 aromatic carbocycles. The van der Waals surface area contributed by atoms with E-state index in [1.54, 1.807) is 0 Å². The van der Waals surface area contributed by atoms with Crippen LogP contribution in [-0.4, -0.2) is 17.9 Å². The molecule has 12 heavy (non-hydrogen) atoms. The van der Waals surface area contributed by atoms with Crippen molar-refractivity contribution in [2.45, 2.75) is 0 Å². The standard InChI is InChI=1S/C7H8ClN3O/c1-12-7-5(8)2-4(3-11-7)6(9)10/h2-3H,1H3,(H3,9,10). The highest BCUT2D eigenvalue weighted by atomic mass is 35.5. The minimum absolute atomic E-state index is 0.0629. The molecule has 0 saturated carbocycles. The zero-order valence-corrected chi connectivity index (χ0v) is 7.22. The summed E-state index contributed by atoms with van der Waals surface area (Å²) < 4.78 is 4.83. The molecule has 1 aromatic heterocycles. The van der Waals surface area contributed by atoms with Crippen LogP contribution in [-0.2, 0) is 0 Å². The Bertz CT molecular complexity index is 314. The highest BCUT2D eigenvalue weighted by Gasteiger charge is 2.04. The van der Waals surface area contributed by atoms with E-state index in [9.17, 15) is 0 Å². The van der Waals surface area contributed by atoms with E-state index in [1.807, 2.05) is 0 Å². The molecule has 3 N–H and O–H groups in total. The van der Waals surface area contributed by atoms with E-state index in [0.717, 1.165) is 0 Å². The van der Waals surface area contributed by atoms with Crippen molar-refractivity contribution in [1.29, 1.82) is 5.41 Å². The van der Waals surface area contributed by atoms with Crippen molar-refractivity contribution in [3.63, 3.8) is 0 Å². The third-order valence-electron chi connectivity index (χ3n) is 1.31. The maximum Gasteiger partial charge on any atom is 0.232 e. The first-order valence-electron chi connectivity index (χ1n) is 3.19. The van der Waals surface area contributed by atoms with Crippen LogP contribution in [0.5, 0.6) is 5.88 Å². The van der Waals surface area contributed by atoms with Crippen molar-refractivity contribution in [2.24, 2.45) is 5.73 Å². The molecule has 0 spiro atoms. The number of aromatic nitrogens is 1. The van der Waals surface area contributed by atoms with Crippen LogP contribution >= 0.6 is 11.6 Å². The topological polar surface area (TPSA) is 72.0 Å². The average Bonchev–Trinajstić information content (AvgIpc) is 2.04. The fraction of sp³-hybridized carbons (Fsp3) is 0.143. The summed E-state index contributed by atoms with van der Waals surface area (Å²) in [6, 6.07) is 1.54. The van der Waals surface area contributed by atoms with Crippen LogP contribution in [0.15, 0.2) is 12.3 Å². The molecule has 4 nitrogen and oxygen atoms in total. The summed E-state index contributed by atoms with van der Waals surface area (Å²) in [6.07, 6.45) is 1.44. The Morgan fingerprint density at radius 3 is 2.83 bits per heavy atom. The van der Waals surface area contributed by atoms with Gasteiger partial charge in [-0.05, 0) is 6.07 Å². The van der Waals surface area contributed by atoms with Gasteiger partial charge in [-0.3, -0.25) is 5.41 Å². The molecular formula is C7H8ClN3O. The highest BCUT2D eigenvalue weighted by molar-refractivity contribution is 6.32. The molecule has 0 aliphatic heterocycles. The summed E-state index contributed by atoms with van der Waals surface area (Å²) >= 11 is 5.73. The van der Waals surface area contributed by atoms with Gasteiger partial charge in [-0.2, -0.15) is 0 Å². The Hall–Kier alpha value is -1.29. The molecule has 0 aliphatic carbocycles. The SMILES string of the molecule is COc1ncc(C(=N)N)cc1Cl. The summed E-state index contributed by atoms with van der Waals surface area (Å²) in [4.78, 5) is 3.84. The number of nitrogen functional groups attached to an aromatic ring is 1. The highest BCUT2D eigenvalue weighted by Crippen LogP contribution is 2.21. The van der Waals surface area contributed by atoms with Gasteiger partial charge in [-0.1, -0.05) is 11.6 Å². The fourth-order valence-corrected chi connectivity index (χ4v) is 0.966. The number of nitrogens with zero attached hydrogens (tertiary/aromatic N) is 1. The van der Waals surface area contributed by atoms with Gasteiger partial charge >= 0.3 is 0 Å². The molecule has 0 aliphatic rings. The zero-order valence-electron chi connectivity index (χ0n) is 6.47. The molecule has 0 atom stereocenters. The van der Waals surface area contributed by atoms with E-state index in [1.165, 1.54) is 19.4 Å². The van der Waals surface area contributed by atoms with E-state index >= 15 is 0 Å². The van der Waals surface area contributed by atoms with Crippen molar-refractivity contribution < 1.29 is 4.74 Å². The van der Waals surface area contributed by atoms with Crippen LogP contribution in [0.3, 0.4) is 0 Å². The number of hydrogen-bond donors (Lipinski definition) is 2. The Kier molecular flexibility index (Phi) is 2.50. The Balaban J connectivity index is 3.10. The van der Waals surface area contributed by atoms with Crippen molar-refractivity contribution in [1.82, 2.24) is 4.98 Å². The number of amidine groups is 1. The predicted molar refractivity (Wildman–Crippen MR) is 46.8 cm³/mol. The molecule has 64 valence electrons. The number of hydrogen-bond acceptors (Lipinski definition) is 3. The lowest BCUT2D eigenvalue weighted by molar-refractivity contribution is 0.398. The summed E-state index contributed by atoms with van der Waals surface area (Å²) in [5, 5.41) is 7.45. The number of halogens is 1. The van der Waals surface area contributed by atoms with Crippen LogP contribution in [0.4, 0.5) is 0 Å². The maximum absolute atomic E-state index is 7.10. The molecule has 1 heterocycles. The van der Waals surface area contributed by atoms with Gasteiger partial charge in [-0.15, -0.1) is 0 Å². The molecule has 5 heteroatoms. The van der Waals surface area contributed by atoms with Crippen LogP contribution in [0.1, 0.15) is 5.56 Å². The first-order valence-corrected chi connectivity index (χ1v) is 3.57. The lowest BCUT2D eigenvalue weighted by atomic mass is 10.3. The van der Waals surface area contributed by atoms with E-state index in [-0.39, 0.29) is 5.84 Å². The van der Waals surface area contributed by atoms with Gasteiger partial charge in [0.1, 0.15) is 10.9 Å². The van der Waals surface area contributed by atoms with Gasteiger partial charge in [0.25, 0.3) is 0 Å². The second-order valence-electron chi connectivity index (χ2n) is 2.13. The summed E-state index contributed by atoms with van der Waals surface area (Å²) in [6.45, 7) is 0. The number of ether oxygens (including phenoxy) is 1. The molecule has 0 bridgehead atoms. The van der Waals surface area contributed by atoms with Gasteiger partial charge < -0.3 is 10.5 Å². The van der Waals surface area contributed by atoms with Crippen LogP contribution in [0.25, 0.3) is 0 Å². The smallest absolute Gasteiger partial charge is 0.232 e. The van der Waals surface area contributed by atoms with Gasteiger partial charge in [0.15, 0.2) is 0 Å². The quantitative estimate of drug-likeness (QED) is 0.534. The van der Waals surface area contributed by atoms with E-state index in [2.05, 4.69) is 4.98 Å². The molecular weight excluding hydrogens is 178 g/mol. The number of methoxy groups -OCH3 is 1. The lowest BCUT2D eigenvalue weighted by Gasteiger charge is -2.02. The third-order valence-corrected chi connectivity index (χ3v) is 1.58. The van der Waals surface area contributed by atoms with Gasteiger partial charge in [-0.25, -0.2) is 4.98 Å². The van der Waals surface area contributed by atoms with Crippen LogP contribution < -0.4 is 10.5 Å². The van der Waals surface area contributed by atoms with Crippen LogP contribution in [0, 0.1) is 5.41 Å². The van der Waals surface area contributed by atoms with Crippen LogP contribution in [0.2, 0.25) is 5.02 Å². The van der Waals surface area contributed by atoms with Crippen molar-refractivity contribution in [3.05, 3.63) is 22.8 Å². The van der Waals surface area contributed by atoms with Gasteiger partial charge in [0.2, 0.25) is 5.88 Å². The third kappa shape index (κ3) is 1.65. The molecule has 0 saturated heterocycles. The number of nitrogens with two attached hydrogens (primary N) is 1. The number of nitrogens with one attached hydrogen (secondary N) is 1. The van der Waals surface area contributed by atoms with Crippen molar-refractivity contribution in [3.8, 4) is 5.88 Å². The lowest BCUT2D eigenvalue weighted by Crippen LogP contribution is -2.11. The molecule has 0 amide bonds. The molecule has 1 aromatic rings. The molecule has 0 unspecified atom stereocenters. The maximum atomic E-state index is 7.10. The first kappa shape index (κ1) is 8.80. The van der Waals surface area contributed by atoms with E-state index < -0.39 is 0 Å². The Morgan fingerprint density at radius 2 is 2.42 bits per heavy atom. The fourth-order valence-electron chi connectivity index (χ4n) is 0.723. The van der Waals surface area contributed by atoms with E-state index in [4.69, 9.17) is 27.5 Å². The van der Waals surface area contributed by atoms with Crippen molar-refractivity contribution in [2.75, 3.05) is 7.11 Å². The normalized spacial score (nSPS) is 9.50. The monoisotopic (exact) mass is 185 g/mol. The van der Waals surface area contributed by atoms with E-state index in [0.29, 0.717) is 16.5 Å². The van der Waals surface area contributed by atoms with Gasteiger partial charge in [0.05, 0.1) is 7.11 Å². The summed E-state index contributed by atoms with van der Waals surface area (Å²) in [5.41, 5.74) is 5.70. The minimum Gasteiger partial charge on any atom is -0.480 e. The Labute approximate surface area is 74.8 Å². The summed E-state index contributed by atoms with van der Waals surface area (Å²) in [7, 11) is 1.47. The largest absolute Gasteiger partial charge is 0.480 e. The van der Waals surface area contributed by atoms with Crippen molar-refractivity contribution >= 4 is 17.4 Å². The second kappa shape index (κ2) is 3.40. The number of rotatable bonds is 2.